The van der Waals surface area contributed by atoms with Gasteiger partial charge in [-0.25, -0.2) is 0 Å². The summed E-state index contributed by atoms with van der Waals surface area (Å²) in [4.78, 5) is 27.4. The Kier molecular flexibility index (Phi) is 6.63. The van der Waals surface area contributed by atoms with E-state index in [2.05, 4.69) is 10.2 Å². The summed E-state index contributed by atoms with van der Waals surface area (Å²) in [5.41, 5.74) is 8.01. The molecule has 0 aliphatic carbocycles. The summed E-state index contributed by atoms with van der Waals surface area (Å²) >= 11 is 1.42. The van der Waals surface area contributed by atoms with Crippen molar-refractivity contribution in [1.29, 1.82) is 0 Å². The van der Waals surface area contributed by atoms with Crippen molar-refractivity contribution in [2.45, 2.75) is 19.9 Å². The SMILES string of the molecule is Cc1cccc(OCC(=O)Nc2sc3c(c2C(N)=O)CCN(C)C3)c1.Cl. The highest BCUT2D eigenvalue weighted by atomic mass is 35.5. The number of rotatable bonds is 5. The number of hydrogen-bond donors (Lipinski definition) is 2. The van der Waals surface area contributed by atoms with Gasteiger partial charge in [-0.3, -0.25) is 9.59 Å². The normalized spacial score (nSPS) is 13.5. The first kappa shape index (κ1) is 20.2. The first-order valence-corrected chi connectivity index (χ1v) is 8.88. The smallest absolute Gasteiger partial charge is 0.262 e. The van der Waals surface area contributed by atoms with Gasteiger partial charge in [-0.1, -0.05) is 12.1 Å². The van der Waals surface area contributed by atoms with Crippen LogP contribution in [0.1, 0.15) is 26.4 Å². The number of aryl methyl sites for hydroxylation is 1. The Hall–Kier alpha value is -2.09. The summed E-state index contributed by atoms with van der Waals surface area (Å²) in [6.45, 7) is 3.47. The highest BCUT2D eigenvalue weighted by molar-refractivity contribution is 7.17. The number of likely N-dealkylation sites (N-methyl/N-ethyl adjacent to an activating group) is 1. The number of anilines is 1. The van der Waals surface area contributed by atoms with Crippen LogP contribution in [-0.2, 0) is 17.8 Å². The van der Waals surface area contributed by atoms with Crippen LogP contribution in [0.5, 0.6) is 5.75 Å². The predicted molar refractivity (Wildman–Crippen MR) is 105 cm³/mol. The highest BCUT2D eigenvalue weighted by Gasteiger charge is 2.26. The van der Waals surface area contributed by atoms with Crippen molar-refractivity contribution in [2.75, 3.05) is 25.5 Å². The number of nitrogens with two attached hydrogens (primary N) is 1. The topological polar surface area (TPSA) is 84.7 Å². The number of nitrogens with zero attached hydrogens (tertiary/aromatic N) is 1. The zero-order chi connectivity index (χ0) is 18.0. The van der Waals surface area contributed by atoms with E-state index in [-0.39, 0.29) is 24.9 Å². The fourth-order valence-corrected chi connectivity index (χ4v) is 4.25. The second-order valence-electron chi connectivity index (χ2n) is 6.21. The van der Waals surface area contributed by atoms with Gasteiger partial charge in [0.1, 0.15) is 10.8 Å². The summed E-state index contributed by atoms with van der Waals surface area (Å²) in [5.74, 6) is -0.176. The van der Waals surface area contributed by atoms with E-state index in [1.54, 1.807) is 6.07 Å². The lowest BCUT2D eigenvalue weighted by atomic mass is 10.0. The number of ether oxygens (including phenoxy) is 1. The molecule has 0 atom stereocenters. The van der Waals surface area contributed by atoms with Crippen LogP contribution >= 0.6 is 23.7 Å². The van der Waals surface area contributed by atoms with Gasteiger partial charge in [0.25, 0.3) is 11.8 Å². The van der Waals surface area contributed by atoms with E-state index >= 15 is 0 Å². The van der Waals surface area contributed by atoms with Crippen molar-refractivity contribution in [2.24, 2.45) is 5.73 Å². The molecule has 0 saturated carbocycles. The average Bonchev–Trinajstić information content (AvgIpc) is 2.90. The fourth-order valence-electron chi connectivity index (χ4n) is 2.90. The number of primary amides is 1. The minimum absolute atomic E-state index is 0. The number of nitrogens with one attached hydrogen (secondary N) is 1. The molecule has 2 amide bonds. The summed E-state index contributed by atoms with van der Waals surface area (Å²) in [6, 6.07) is 7.49. The van der Waals surface area contributed by atoms with Crippen molar-refractivity contribution in [3.8, 4) is 5.75 Å². The minimum Gasteiger partial charge on any atom is -0.484 e. The van der Waals surface area contributed by atoms with Crippen LogP contribution in [0.3, 0.4) is 0 Å². The molecule has 0 unspecified atom stereocenters. The molecule has 8 heteroatoms. The lowest BCUT2D eigenvalue weighted by Crippen LogP contribution is -2.27. The standard InChI is InChI=1S/C18H21N3O3S.ClH/c1-11-4-3-5-12(8-11)24-10-15(22)20-18-16(17(19)23)13-6-7-21(2)9-14(13)25-18;/h3-5,8H,6-7,9-10H2,1-2H3,(H2,19,23)(H,20,22);1H. The Bertz CT molecular complexity index is 822. The number of hydrogen-bond acceptors (Lipinski definition) is 5. The monoisotopic (exact) mass is 395 g/mol. The third-order valence-corrected chi connectivity index (χ3v) is 5.24. The zero-order valence-electron chi connectivity index (χ0n) is 14.7. The van der Waals surface area contributed by atoms with Gasteiger partial charge in [0.15, 0.2) is 6.61 Å². The van der Waals surface area contributed by atoms with Crippen molar-refractivity contribution in [3.05, 3.63) is 45.8 Å². The van der Waals surface area contributed by atoms with Crippen LogP contribution in [-0.4, -0.2) is 36.9 Å². The molecule has 0 spiro atoms. The van der Waals surface area contributed by atoms with Crippen LogP contribution in [0.2, 0.25) is 0 Å². The van der Waals surface area contributed by atoms with E-state index in [1.807, 2.05) is 32.2 Å². The van der Waals surface area contributed by atoms with Crippen molar-refractivity contribution in [3.63, 3.8) is 0 Å². The number of thiophene rings is 1. The van der Waals surface area contributed by atoms with E-state index in [9.17, 15) is 9.59 Å². The van der Waals surface area contributed by atoms with E-state index < -0.39 is 5.91 Å². The number of carbonyl (C=O) groups is 2. The Labute approximate surface area is 162 Å². The summed E-state index contributed by atoms with van der Waals surface area (Å²) < 4.78 is 5.51. The fraction of sp³-hybridized carbons (Fsp3) is 0.333. The predicted octanol–water partition coefficient (Wildman–Crippen LogP) is 2.58. The van der Waals surface area contributed by atoms with Gasteiger partial charge in [0.05, 0.1) is 5.56 Å². The third-order valence-electron chi connectivity index (χ3n) is 4.11. The van der Waals surface area contributed by atoms with Gasteiger partial charge in [-0.05, 0) is 43.7 Å². The maximum atomic E-state index is 12.2. The molecular weight excluding hydrogens is 374 g/mol. The Balaban J connectivity index is 0.00000243. The van der Waals surface area contributed by atoms with Gasteiger partial charge >= 0.3 is 0 Å². The van der Waals surface area contributed by atoms with Gasteiger partial charge in [0, 0.05) is 18.0 Å². The molecule has 1 aliphatic rings. The highest BCUT2D eigenvalue weighted by Crippen LogP contribution is 2.36. The van der Waals surface area contributed by atoms with Crippen LogP contribution in [0.15, 0.2) is 24.3 Å². The molecule has 3 N–H and O–H groups in total. The summed E-state index contributed by atoms with van der Waals surface area (Å²) in [7, 11) is 2.03. The van der Waals surface area contributed by atoms with Crippen LogP contribution < -0.4 is 15.8 Å². The maximum Gasteiger partial charge on any atom is 0.262 e. The molecule has 0 fully saturated rings. The number of fused-ring (bicyclic) bond motifs is 1. The molecular formula is C18H22ClN3O3S. The van der Waals surface area contributed by atoms with E-state index in [0.717, 1.165) is 35.5 Å². The van der Waals surface area contributed by atoms with Crippen molar-refractivity contribution < 1.29 is 14.3 Å². The molecule has 0 bridgehead atoms. The molecule has 26 heavy (non-hydrogen) atoms. The van der Waals surface area contributed by atoms with Crippen molar-refractivity contribution in [1.82, 2.24) is 4.90 Å². The summed E-state index contributed by atoms with van der Waals surface area (Å²) in [5, 5.41) is 3.30. The first-order chi connectivity index (χ1) is 11.9. The zero-order valence-corrected chi connectivity index (χ0v) is 16.3. The first-order valence-electron chi connectivity index (χ1n) is 8.06. The second kappa shape index (κ2) is 8.53. The molecule has 2 heterocycles. The Morgan fingerprint density at radius 2 is 2.15 bits per heavy atom. The second-order valence-corrected chi connectivity index (χ2v) is 7.32. The lowest BCUT2D eigenvalue weighted by Gasteiger charge is -2.22. The number of benzene rings is 1. The maximum absolute atomic E-state index is 12.2. The van der Waals surface area contributed by atoms with Gasteiger partial charge in [-0.2, -0.15) is 0 Å². The molecule has 0 radical (unpaired) electrons. The van der Waals surface area contributed by atoms with Crippen molar-refractivity contribution >= 4 is 40.6 Å². The summed E-state index contributed by atoms with van der Waals surface area (Å²) in [6.07, 6.45) is 0.760. The van der Waals surface area contributed by atoms with E-state index in [4.69, 9.17) is 10.5 Å². The van der Waals surface area contributed by atoms with Gasteiger partial charge in [-0.15, -0.1) is 23.7 Å². The Morgan fingerprint density at radius 3 is 2.85 bits per heavy atom. The van der Waals surface area contributed by atoms with Crippen LogP contribution in [0, 0.1) is 6.92 Å². The Morgan fingerprint density at radius 1 is 1.38 bits per heavy atom. The number of amides is 2. The number of halogens is 1. The molecule has 2 aromatic rings. The molecule has 6 nitrogen and oxygen atoms in total. The minimum atomic E-state index is -0.503. The van der Waals surface area contributed by atoms with E-state index in [0.29, 0.717) is 16.3 Å². The quantitative estimate of drug-likeness (QED) is 0.814. The van der Waals surface area contributed by atoms with Gasteiger partial charge < -0.3 is 20.7 Å². The molecule has 1 aliphatic heterocycles. The number of carbonyl (C=O) groups excluding carboxylic acids is 2. The lowest BCUT2D eigenvalue weighted by molar-refractivity contribution is -0.118. The third kappa shape index (κ3) is 4.55. The largest absolute Gasteiger partial charge is 0.484 e. The van der Waals surface area contributed by atoms with Crippen LogP contribution in [0.25, 0.3) is 0 Å². The molecule has 0 saturated heterocycles. The van der Waals surface area contributed by atoms with Gasteiger partial charge in [0.2, 0.25) is 0 Å². The molecule has 140 valence electrons. The van der Waals surface area contributed by atoms with E-state index in [1.165, 1.54) is 11.3 Å². The molecule has 1 aromatic heterocycles. The van der Waals surface area contributed by atoms with Crippen LogP contribution in [0.4, 0.5) is 5.00 Å². The molecule has 3 rings (SSSR count). The molecule has 1 aromatic carbocycles. The average molecular weight is 396 g/mol.